The van der Waals surface area contributed by atoms with Crippen LogP contribution in [0.2, 0.25) is 10.0 Å². The minimum atomic E-state index is -0.387. The number of hydrogen-bond donors (Lipinski definition) is 1. The van der Waals surface area contributed by atoms with Gasteiger partial charge >= 0.3 is 0 Å². The van der Waals surface area contributed by atoms with Crippen molar-refractivity contribution in [2.24, 2.45) is 5.92 Å². The second-order valence-corrected chi connectivity index (χ2v) is 9.16. The molecule has 2 aromatic carbocycles. The second kappa shape index (κ2) is 10.8. The first-order valence-corrected chi connectivity index (χ1v) is 11.8. The van der Waals surface area contributed by atoms with E-state index in [1.165, 1.54) is 11.2 Å². The molecule has 180 valence electrons. The number of aromatic nitrogens is 2. The molecule has 0 fully saturated rings. The summed E-state index contributed by atoms with van der Waals surface area (Å²) in [6.45, 7) is 3.62. The molecule has 0 saturated carbocycles. The number of nitrogens with zero attached hydrogens (tertiary/aromatic N) is 3. The molecule has 0 aliphatic rings. The summed E-state index contributed by atoms with van der Waals surface area (Å²) in [6, 6.07) is 18.0. The third kappa shape index (κ3) is 6.12. The number of halogens is 2. The molecule has 7 nitrogen and oxygen atoms in total. The maximum atomic E-state index is 13.1. The van der Waals surface area contributed by atoms with Gasteiger partial charge < -0.3 is 9.32 Å². The molecule has 2 amide bonds. The fourth-order valence-electron chi connectivity index (χ4n) is 3.56. The molecule has 4 rings (SSSR count). The fraction of sp³-hybridized carbons (Fsp3) is 0.192. The number of anilines is 1. The van der Waals surface area contributed by atoms with Crippen LogP contribution < -0.4 is 5.32 Å². The maximum Gasteiger partial charge on any atom is 0.246 e. The summed E-state index contributed by atoms with van der Waals surface area (Å²) in [7, 11) is 0. The van der Waals surface area contributed by atoms with Crippen molar-refractivity contribution < 1.29 is 14.0 Å². The first-order valence-electron chi connectivity index (χ1n) is 11.0. The average Bonchev–Trinajstić information content (AvgIpc) is 3.48. The molecule has 0 atom stereocenters. The lowest BCUT2D eigenvalue weighted by Gasteiger charge is -2.23. The van der Waals surface area contributed by atoms with Gasteiger partial charge in [-0.25, -0.2) is 4.98 Å². The molecular formula is C26H24Cl2N4O3. The summed E-state index contributed by atoms with van der Waals surface area (Å²) in [5, 5.41) is 4.02. The molecule has 2 aromatic heterocycles. The van der Waals surface area contributed by atoms with E-state index in [2.05, 4.69) is 10.3 Å². The van der Waals surface area contributed by atoms with Crippen LogP contribution in [0.3, 0.4) is 0 Å². The Bertz CT molecular complexity index is 1310. The van der Waals surface area contributed by atoms with Crippen LogP contribution >= 0.6 is 23.2 Å². The van der Waals surface area contributed by atoms with Gasteiger partial charge in [0.2, 0.25) is 17.8 Å². The Balaban J connectivity index is 1.62. The van der Waals surface area contributed by atoms with Crippen molar-refractivity contribution in [2.45, 2.75) is 20.4 Å². The van der Waals surface area contributed by atoms with Crippen molar-refractivity contribution >= 4 is 41.0 Å². The van der Waals surface area contributed by atoms with Crippen LogP contribution in [0, 0.1) is 5.92 Å². The SMILES string of the molecule is CC(C)C(=O)N(CC(=O)Nc1nc(-c2ccc(Cl)cc2)cn1-c1cccc(Cl)c1)Cc1ccco1. The van der Waals surface area contributed by atoms with Gasteiger partial charge in [-0.2, -0.15) is 0 Å². The Morgan fingerprint density at radius 1 is 1.06 bits per heavy atom. The van der Waals surface area contributed by atoms with Crippen LogP contribution in [-0.2, 0) is 16.1 Å². The van der Waals surface area contributed by atoms with E-state index in [0.29, 0.717) is 27.4 Å². The van der Waals surface area contributed by atoms with Crippen molar-refractivity contribution in [2.75, 3.05) is 11.9 Å². The molecular weight excluding hydrogens is 487 g/mol. The van der Waals surface area contributed by atoms with Crippen molar-refractivity contribution in [1.29, 1.82) is 0 Å². The lowest BCUT2D eigenvalue weighted by molar-refractivity contribution is -0.138. The molecule has 35 heavy (non-hydrogen) atoms. The van der Waals surface area contributed by atoms with Gasteiger partial charge in [-0.3, -0.25) is 19.5 Å². The van der Waals surface area contributed by atoms with Crippen molar-refractivity contribution in [1.82, 2.24) is 14.5 Å². The highest BCUT2D eigenvalue weighted by atomic mass is 35.5. The second-order valence-electron chi connectivity index (χ2n) is 8.28. The van der Waals surface area contributed by atoms with Gasteiger partial charge in [0.15, 0.2) is 0 Å². The van der Waals surface area contributed by atoms with E-state index in [-0.39, 0.29) is 30.8 Å². The van der Waals surface area contributed by atoms with Crippen LogP contribution in [-0.4, -0.2) is 32.8 Å². The third-order valence-corrected chi connectivity index (χ3v) is 5.74. The summed E-state index contributed by atoms with van der Waals surface area (Å²) in [4.78, 5) is 32.0. The van der Waals surface area contributed by atoms with E-state index in [1.807, 2.05) is 30.5 Å². The topological polar surface area (TPSA) is 80.4 Å². The zero-order valence-corrected chi connectivity index (χ0v) is 20.8. The molecule has 1 N–H and O–H groups in total. The van der Waals surface area contributed by atoms with Gasteiger partial charge in [0.25, 0.3) is 0 Å². The molecule has 0 aliphatic heterocycles. The minimum absolute atomic E-state index is 0.156. The summed E-state index contributed by atoms with van der Waals surface area (Å²) in [5.41, 5.74) is 2.20. The normalized spacial score (nSPS) is 11.0. The highest BCUT2D eigenvalue weighted by Crippen LogP contribution is 2.26. The van der Waals surface area contributed by atoms with Gasteiger partial charge in [0.1, 0.15) is 12.3 Å². The number of benzene rings is 2. The number of carbonyl (C=O) groups is 2. The first kappa shape index (κ1) is 24.6. The molecule has 0 saturated heterocycles. The maximum absolute atomic E-state index is 13.1. The fourth-order valence-corrected chi connectivity index (χ4v) is 3.87. The van der Waals surface area contributed by atoms with Crippen molar-refractivity contribution in [3.8, 4) is 16.9 Å². The van der Waals surface area contributed by atoms with Crippen molar-refractivity contribution in [3.05, 3.63) is 88.9 Å². The predicted molar refractivity (Wildman–Crippen MR) is 137 cm³/mol. The lowest BCUT2D eigenvalue weighted by Crippen LogP contribution is -2.39. The number of furan rings is 1. The number of hydrogen-bond acceptors (Lipinski definition) is 4. The highest BCUT2D eigenvalue weighted by molar-refractivity contribution is 6.31. The average molecular weight is 511 g/mol. The summed E-state index contributed by atoms with van der Waals surface area (Å²) in [6.07, 6.45) is 3.35. The number of amides is 2. The largest absolute Gasteiger partial charge is 0.467 e. The number of imidazole rings is 1. The molecule has 4 aromatic rings. The zero-order valence-electron chi connectivity index (χ0n) is 19.2. The van der Waals surface area contributed by atoms with E-state index in [0.717, 1.165) is 11.3 Å². The predicted octanol–water partition coefficient (Wildman–Crippen LogP) is 6.06. The van der Waals surface area contributed by atoms with Gasteiger partial charge in [-0.15, -0.1) is 0 Å². The molecule has 0 aliphatic carbocycles. The molecule has 0 unspecified atom stereocenters. The lowest BCUT2D eigenvalue weighted by atomic mass is 10.2. The Morgan fingerprint density at radius 3 is 2.49 bits per heavy atom. The molecule has 0 spiro atoms. The van der Waals surface area contributed by atoms with Crippen LogP contribution in [0.25, 0.3) is 16.9 Å². The van der Waals surface area contributed by atoms with Crippen LogP contribution in [0.4, 0.5) is 5.95 Å². The Morgan fingerprint density at radius 2 is 1.83 bits per heavy atom. The highest BCUT2D eigenvalue weighted by Gasteiger charge is 2.23. The molecule has 2 heterocycles. The number of rotatable bonds is 8. The smallest absolute Gasteiger partial charge is 0.246 e. The molecule has 0 radical (unpaired) electrons. The summed E-state index contributed by atoms with van der Waals surface area (Å²) >= 11 is 12.2. The van der Waals surface area contributed by atoms with Crippen LogP contribution in [0.15, 0.2) is 77.5 Å². The van der Waals surface area contributed by atoms with E-state index in [1.54, 1.807) is 54.8 Å². The number of carbonyl (C=O) groups excluding carboxylic acids is 2. The van der Waals surface area contributed by atoms with E-state index in [4.69, 9.17) is 27.6 Å². The number of nitrogens with one attached hydrogen (secondary N) is 1. The molecule has 9 heteroatoms. The molecule has 0 bridgehead atoms. The van der Waals surface area contributed by atoms with Gasteiger partial charge in [-0.05, 0) is 42.5 Å². The van der Waals surface area contributed by atoms with E-state index < -0.39 is 0 Å². The van der Waals surface area contributed by atoms with Crippen molar-refractivity contribution in [3.63, 3.8) is 0 Å². The standard InChI is InChI=1S/C26H24Cl2N4O3/c1-17(2)25(34)31(14-22-7-4-12-35-22)16-24(33)30-26-29-23(18-8-10-19(27)11-9-18)15-32(26)21-6-3-5-20(28)13-21/h3-13,15,17H,14,16H2,1-2H3,(H,29,30,33). The van der Waals surface area contributed by atoms with Crippen LogP contribution in [0.1, 0.15) is 19.6 Å². The summed E-state index contributed by atoms with van der Waals surface area (Å²) < 4.78 is 7.12. The van der Waals surface area contributed by atoms with Crippen LogP contribution in [0.5, 0.6) is 0 Å². The monoisotopic (exact) mass is 510 g/mol. The van der Waals surface area contributed by atoms with Gasteiger partial charge in [0.05, 0.1) is 18.5 Å². The zero-order chi connectivity index (χ0) is 24.9. The Labute approximate surface area is 213 Å². The quantitative estimate of drug-likeness (QED) is 0.312. The van der Waals surface area contributed by atoms with Gasteiger partial charge in [0, 0.05) is 33.4 Å². The third-order valence-electron chi connectivity index (χ3n) is 5.25. The van der Waals surface area contributed by atoms with E-state index >= 15 is 0 Å². The van der Waals surface area contributed by atoms with Gasteiger partial charge in [-0.1, -0.05) is 55.2 Å². The Hall–Kier alpha value is -3.55. The first-order chi connectivity index (χ1) is 16.8. The summed E-state index contributed by atoms with van der Waals surface area (Å²) in [5.74, 6) is 0.0795. The Kier molecular flexibility index (Phi) is 7.58. The van der Waals surface area contributed by atoms with E-state index in [9.17, 15) is 9.59 Å². The minimum Gasteiger partial charge on any atom is -0.467 e.